The first-order valence-corrected chi connectivity index (χ1v) is 10.9. The Bertz CT molecular complexity index is 746. The van der Waals surface area contributed by atoms with Gasteiger partial charge >= 0.3 is 11.9 Å². The van der Waals surface area contributed by atoms with E-state index < -0.39 is 17.4 Å². The van der Waals surface area contributed by atoms with E-state index in [2.05, 4.69) is 18.9 Å². The van der Waals surface area contributed by atoms with Crippen molar-refractivity contribution in [3.63, 3.8) is 0 Å². The van der Waals surface area contributed by atoms with Crippen LogP contribution < -0.4 is 0 Å². The SMILES string of the molecule is C#C[C@@]1(CC(=O)O)CC[C@H]2[C@@H]3CCC4=C[C@@H](CC(=O)O)CC[C@@H]4[C@H]3CC[C@@]21C. The van der Waals surface area contributed by atoms with Gasteiger partial charge in [0.2, 0.25) is 0 Å². The lowest BCUT2D eigenvalue weighted by atomic mass is 9.48. The number of allylic oxidation sites excluding steroid dienone is 2. The molecule has 4 aliphatic carbocycles. The monoisotopic (exact) mass is 384 g/mol. The third-order valence-corrected chi connectivity index (χ3v) is 9.08. The molecule has 3 fully saturated rings. The molecule has 7 atom stereocenters. The minimum absolute atomic E-state index is 0.0664. The number of carbonyl (C=O) groups is 2. The van der Waals surface area contributed by atoms with Gasteiger partial charge in [0.15, 0.2) is 0 Å². The van der Waals surface area contributed by atoms with Gasteiger partial charge in [0.1, 0.15) is 0 Å². The lowest BCUT2D eigenvalue weighted by Crippen LogP contribution is -2.49. The Labute approximate surface area is 167 Å². The van der Waals surface area contributed by atoms with Gasteiger partial charge in [-0.15, -0.1) is 6.42 Å². The molecule has 4 nitrogen and oxygen atoms in total. The zero-order chi connectivity index (χ0) is 20.1. The number of terminal acetylenes is 1. The zero-order valence-electron chi connectivity index (χ0n) is 16.8. The van der Waals surface area contributed by atoms with E-state index in [-0.39, 0.29) is 24.2 Å². The number of carboxylic acid groups (broad SMARTS) is 2. The molecule has 0 aromatic heterocycles. The van der Waals surface area contributed by atoms with Crippen LogP contribution >= 0.6 is 0 Å². The molecule has 28 heavy (non-hydrogen) atoms. The Balaban J connectivity index is 1.57. The summed E-state index contributed by atoms with van der Waals surface area (Å²) in [5.74, 6) is 4.15. The summed E-state index contributed by atoms with van der Waals surface area (Å²) in [6.07, 6.45) is 17.0. The second-order valence-electron chi connectivity index (χ2n) is 10.0. The van der Waals surface area contributed by atoms with Gasteiger partial charge in [-0.25, -0.2) is 0 Å². The van der Waals surface area contributed by atoms with E-state index in [1.807, 2.05) is 0 Å². The average Bonchev–Trinajstić information content (AvgIpc) is 2.93. The van der Waals surface area contributed by atoms with Crippen molar-refractivity contribution in [1.82, 2.24) is 0 Å². The van der Waals surface area contributed by atoms with Crippen molar-refractivity contribution >= 4 is 11.9 Å². The zero-order valence-corrected chi connectivity index (χ0v) is 16.8. The van der Waals surface area contributed by atoms with Gasteiger partial charge in [-0.05, 0) is 86.4 Å². The second-order valence-corrected chi connectivity index (χ2v) is 10.0. The lowest BCUT2D eigenvalue weighted by molar-refractivity contribution is -0.142. The maximum atomic E-state index is 11.6. The highest BCUT2D eigenvalue weighted by atomic mass is 16.4. The van der Waals surface area contributed by atoms with Crippen molar-refractivity contribution in [2.45, 2.75) is 71.1 Å². The first-order valence-electron chi connectivity index (χ1n) is 10.9. The maximum absolute atomic E-state index is 11.6. The number of hydrogen-bond acceptors (Lipinski definition) is 2. The molecule has 0 heterocycles. The van der Waals surface area contributed by atoms with Crippen molar-refractivity contribution in [3.05, 3.63) is 11.6 Å². The summed E-state index contributed by atoms with van der Waals surface area (Å²) >= 11 is 0. The number of hydrogen-bond donors (Lipinski definition) is 2. The molecule has 0 saturated heterocycles. The van der Waals surface area contributed by atoms with E-state index in [1.165, 1.54) is 5.57 Å². The van der Waals surface area contributed by atoms with Crippen LogP contribution in [0.2, 0.25) is 0 Å². The topological polar surface area (TPSA) is 74.6 Å². The van der Waals surface area contributed by atoms with Crippen LogP contribution in [0.5, 0.6) is 0 Å². The molecular weight excluding hydrogens is 352 g/mol. The van der Waals surface area contributed by atoms with Crippen LogP contribution in [-0.2, 0) is 9.59 Å². The predicted octanol–water partition coefficient (Wildman–Crippen LogP) is 4.74. The number of rotatable bonds is 4. The Morgan fingerprint density at radius 3 is 2.57 bits per heavy atom. The molecule has 2 N–H and O–H groups in total. The number of fused-ring (bicyclic) bond motifs is 5. The molecule has 0 radical (unpaired) electrons. The van der Waals surface area contributed by atoms with Gasteiger partial charge in [0.25, 0.3) is 0 Å². The van der Waals surface area contributed by atoms with Gasteiger partial charge in [-0.1, -0.05) is 24.5 Å². The summed E-state index contributed by atoms with van der Waals surface area (Å²) in [5, 5.41) is 18.6. The summed E-state index contributed by atoms with van der Waals surface area (Å²) in [6, 6.07) is 0. The number of carboxylic acids is 2. The molecule has 4 rings (SSSR count). The Kier molecular flexibility index (Phi) is 4.84. The third kappa shape index (κ3) is 2.90. The largest absolute Gasteiger partial charge is 0.481 e. The fourth-order valence-electron chi connectivity index (χ4n) is 7.77. The molecule has 0 amide bonds. The molecule has 0 aromatic rings. The van der Waals surface area contributed by atoms with Crippen LogP contribution in [0, 0.1) is 52.8 Å². The summed E-state index contributed by atoms with van der Waals surface area (Å²) in [6.45, 7) is 2.28. The van der Waals surface area contributed by atoms with Crippen LogP contribution in [-0.4, -0.2) is 22.2 Å². The fraction of sp³-hybridized carbons (Fsp3) is 0.750. The van der Waals surface area contributed by atoms with E-state index in [1.54, 1.807) is 0 Å². The van der Waals surface area contributed by atoms with Crippen LogP contribution in [0.15, 0.2) is 11.6 Å². The Hall–Kier alpha value is -1.76. The van der Waals surface area contributed by atoms with Crippen molar-refractivity contribution in [2.75, 3.05) is 0 Å². The summed E-state index contributed by atoms with van der Waals surface area (Å²) in [7, 11) is 0. The maximum Gasteiger partial charge on any atom is 0.304 e. The smallest absolute Gasteiger partial charge is 0.304 e. The van der Waals surface area contributed by atoms with Gasteiger partial charge < -0.3 is 10.2 Å². The van der Waals surface area contributed by atoms with Crippen molar-refractivity contribution < 1.29 is 19.8 Å². The van der Waals surface area contributed by atoms with Gasteiger partial charge in [-0.2, -0.15) is 0 Å². The highest BCUT2D eigenvalue weighted by Gasteiger charge is 2.62. The molecule has 0 unspecified atom stereocenters. The average molecular weight is 385 g/mol. The molecule has 0 bridgehead atoms. The fourth-order valence-corrected chi connectivity index (χ4v) is 7.77. The molecule has 0 spiro atoms. The van der Waals surface area contributed by atoms with E-state index >= 15 is 0 Å². The van der Waals surface area contributed by atoms with Gasteiger partial charge in [0, 0.05) is 5.41 Å². The van der Waals surface area contributed by atoms with Crippen molar-refractivity contribution in [2.24, 2.45) is 40.4 Å². The van der Waals surface area contributed by atoms with Gasteiger partial charge in [-0.3, -0.25) is 9.59 Å². The third-order valence-electron chi connectivity index (χ3n) is 9.08. The summed E-state index contributed by atoms with van der Waals surface area (Å²) in [5.41, 5.74) is 0.946. The van der Waals surface area contributed by atoms with Crippen molar-refractivity contribution in [1.29, 1.82) is 0 Å². The molecule has 3 saturated carbocycles. The van der Waals surface area contributed by atoms with E-state index in [9.17, 15) is 14.7 Å². The quantitative estimate of drug-likeness (QED) is 0.542. The van der Waals surface area contributed by atoms with E-state index in [0.29, 0.717) is 23.7 Å². The van der Waals surface area contributed by atoms with Crippen LogP contribution in [0.4, 0.5) is 0 Å². The van der Waals surface area contributed by atoms with Gasteiger partial charge in [0.05, 0.1) is 12.8 Å². The highest BCUT2D eigenvalue weighted by molar-refractivity contribution is 5.69. The first-order chi connectivity index (χ1) is 13.3. The second kappa shape index (κ2) is 6.94. The van der Waals surface area contributed by atoms with Crippen molar-refractivity contribution in [3.8, 4) is 12.3 Å². The minimum Gasteiger partial charge on any atom is -0.481 e. The van der Waals surface area contributed by atoms with E-state index in [4.69, 9.17) is 11.5 Å². The molecular formula is C24H32O4. The Morgan fingerprint density at radius 1 is 1.11 bits per heavy atom. The normalized spacial score (nSPS) is 44.4. The lowest BCUT2D eigenvalue weighted by Gasteiger charge is -2.56. The molecule has 4 heteroatoms. The number of aliphatic carboxylic acids is 2. The minimum atomic E-state index is -0.771. The summed E-state index contributed by atoms with van der Waals surface area (Å²) < 4.78 is 0. The van der Waals surface area contributed by atoms with Crippen LogP contribution in [0.1, 0.15) is 71.1 Å². The molecule has 0 aromatic carbocycles. The molecule has 0 aliphatic heterocycles. The van der Waals surface area contributed by atoms with Crippen LogP contribution in [0.3, 0.4) is 0 Å². The van der Waals surface area contributed by atoms with E-state index in [0.717, 1.165) is 51.4 Å². The molecule has 4 aliphatic rings. The summed E-state index contributed by atoms with van der Waals surface area (Å²) in [4.78, 5) is 22.7. The standard InChI is InChI=1S/C24H32O4/c1-3-24(14-22(27)28)11-9-20-19-7-5-16-12-15(13-21(25)26)4-6-17(16)18(19)8-10-23(20,24)2/h1,12,15,17-20H,4-11,13-14H2,2H3,(H,25,26)(H,27,28)/t15-,17-,18+,19+,20-,23-,24-/m0/s1. The Morgan fingerprint density at radius 2 is 1.89 bits per heavy atom. The molecule has 152 valence electrons. The highest BCUT2D eigenvalue weighted by Crippen LogP contribution is 2.68. The predicted molar refractivity (Wildman–Crippen MR) is 106 cm³/mol. The van der Waals surface area contributed by atoms with Crippen LogP contribution in [0.25, 0.3) is 0 Å². The first kappa shape index (κ1) is 19.6.